The molecule has 25 heavy (non-hydrogen) atoms. The number of hydrogen-bond donors (Lipinski definition) is 1. The van der Waals surface area contributed by atoms with Crippen LogP contribution in [0.1, 0.15) is 33.8 Å². The first-order chi connectivity index (χ1) is 12.2. The topological polar surface area (TPSA) is 42.0 Å². The van der Waals surface area contributed by atoms with Gasteiger partial charge >= 0.3 is 0 Å². The lowest BCUT2D eigenvalue weighted by Gasteiger charge is -2.05. The van der Waals surface area contributed by atoms with E-state index < -0.39 is 0 Å². The molecule has 1 aliphatic carbocycles. The summed E-state index contributed by atoms with van der Waals surface area (Å²) >= 11 is 1.50. The zero-order valence-corrected chi connectivity index (χ0v) is 14.4. The van der Waals surface area contributed by atoms with Crippen molar-refractivity contribution in [1.82, 2.24) is 10.3 Å². The highest BCUT2D eigenvalue weighted by atomic mass is 32.1. The molecule has 3 aromatic rings. The zero-order valence-electron chi connectivity index (χ0n) is 13.5. The lowest BCUT2D eigenvalue weighted by atomic mass is 10.1. The summed E-state index contributed by atoms with van der Waals surface area (Å²) in [5, 5.41) is 5.80. The monoisotopic (exact) mass is 352 g/mol. The Balaban J connectivity index is 1.53. The molecule has 1 saturated carbocycles. The van der Waals surface area contributed by atoms with Crippen molar-refractivity contribution in [2.24, 2.45) is 0 Å². The van der Waals surface area contributed by atoms with Crippen LogP contribution in [0.4, 0.5) is 4.39 Å². The van der Waals surface area contributed by atoms with Crippen LogP contribution in [0, 0.1) is 5.82 Å². The van der Waals surface area contributed by atoms with Gasteiger partial charge in [0.25, 0.3) is 5.91 Å². The number of carbonyl (C=O) groups excluding carboxylic acids is 1. The summed E-state index contributed by atoms with van der Waals surface area (Å²) in [6.45, 7) is 0. The van der Waals surface area contributed by atoms with Crippen molar-refractivity contribution < 1.29 is 9.18 Å². The number of nitrogens with zero attached hydrogens (tertiary/aromatic N) is 1. The molecule has 3 nitrogen and oxygen atoms in total. The van der Waals surface area contributed by atoms with Crippen molar-refractivity contribution in [3.05, 3.63) is 75.9 Å². The molecule has 0 saturated heterocycles. The fraction of sp³-hybridized carbons (Fsp3) is 0.200. The number of rotatable bonds is 5. The maximum Gasteiger partial charge on any atom is 0.251 e. The lowest BCUT2D eigenvalue weighted by Crippen LogP contribution is -2.25. The van der Waals surface area contributed by atoms with E-state index in [1.807, 2.05) is 35.7 Å². The van der Waals surface area contributed by atoms with Crippen LogP contribution in [0.3, 0.4) is 0 Å². The fourth-order valence-corrected chi connectivity index (χ4v) is 3.47. The Morgan fingerprint density at radius 1 is 1.20 bits per heavy atom. The Kier molecular flexibility index (Phi) is 4.32. The van der Waals surface area contributed by atoms with Crippen LogP contribution in [0.15, 0.2) is 53.9 Å². The third kappa shape index (κ3) is 3.77. The van der Waals surface area contributed by atoms with E-state index in [0.29, 0.717) is 23.6 Å². The van der Waals surface area contributed by atoms with Gasteiger partial charge < -0.3 is 5.32 Å². The molecule has 0 spiro atoms. The summed E-state index contributed by atoms with van der Waals surface area (Å²) in [5.74, 6) is -0.246. The van der Waals surface area contributed by atoms with Crippen molar-refractivity contribution in [2.75, 3.05) is 0 Å². The van der Waals surface area contributed by atoms with Crippen LogP contribution < -0.4 is 5.32 Å². The fourth-order valence-electron chi connectivity index (χ4n) is 2.65. The van der Waals surface area contributed by atoms with Gasteiger partial charge in [-0.25, -0.2) is 9.37 Å². The minimum absolute atomic E-state index is 0.0360. The SMILES string of the molecule is O=C(NC1CC1)c1cccc(-c2csc(Cc3ccccc3F)n2)c1. The normalized spacial score (nSPS) is 13.6. The Labute approximate surface area is 149 Å². The van der Waals surface area contributed by atoms with Crippen LogP contribution in [-0.2, 0) is 6.42 Å². The van der Waals surface area contributed by atoms with Crippen molar-refractivity contribution in [2.45, 2.75) is 25.3 Å². The number of hydrogen-bond acceptors (Lipinski definition) is 3. The van der Waals surface area contributed by atoms with E-state index >= 15 is 0 Å². The quantitative estimate of drug-likeness (QED) is 0.738. The first kappa shape index (κ1) is 16.0. The molecule has 1 N–H and O–H groups in total. The maximum absolute atomic E-state index is 13.8. The molecular weight excluding hydrogens is 335 g/mol. The van der Waals surface area contributed by atoms with Gasteiger partial charge in [-0.05, 0) is 36.6 Å². The van der Waals surface area contributed by atoms with Gasteiger partial charge in [-0.3, -0.25) is 4.79 Å². The largest absolute Gasteiger partial charge is 0.349 e. The minimum Gasteiger partial charge on any atom is -0.349 e. The van der Waals surface area contributed by atoms with Crippen molar-refractivity contribution >= 4 is 17.2 Å². The van der Waals surface area contributed by atoms with Crippen molar-refractivity contribution in [1.29, 1.82) is 0 Å². The van der Waals surface area contributed by atoms with Gasteiger partial charge in [0.2, 0.25) is 0 Å². The molecule has 1 amide bonds. The lowest BCUT2D eigenvalue weighted by molar-refractivity contribution is 0.0951. The number of benzene rings is 2. The molecule has 1 aliphatic rings. The van der Waals surface area contributed by atoms with Crippen molar-refractivity contribution in [3.63, 3.8) is 0 Å². The maximum atomic E-state index is 13.8. The summed E-state index contributed by atoms with van der Waals surface area (Å²) < 4.78 is 13.8. The highest BCUT2D eigenvalue weighted by Crippen LogP contribution is 2.25. The first-order valence-corrected chi connectivity index (χ1v) is 9.16. The summed E-state index contributed by atoms with van der Waals surface area (Å²) in [4.78, 5) is 16.8. The van der Waals surface area contributed by atoms with Gasteiger partial charge in [0.05, 0.1) is 10.7 Å². The highest BCUT2D eigenvalue weighted by Gasteiger charge is 2.23. The Hall–Kier alpha value is -2.53. The van der Waals surface area contributed by atoms with E-state index in [4.69, 9.17) is 0 Å². The highest BCUT2D eigenvalue weighted by molar-refractivity contribution is 7.10. The Morgan fingerprint density at radius 3 is 2.84 bits per heavy atom. The average molecular weight is 352 g/mol. The number of nitrogens with one attached hydrogen (secondary N) is 1. The van der Waals surface area contributed by atoms with E-state index in [0.717, 1.165) is 29.1 Å². The molecule has 1 fully saturated rings. The molecule has 4 rings (SSSR count). The first-order valence-electron chi connectivity index (χ1n) is 8.28. The van der Waals surface area contributed by atoms with E-state index in [1.165, 1.54) is 17.4 Å². The molecule has 126 valence electrons. The Bertz CT molecular complexity index is 917. The predicted molar refractivity (Wildman–Crippen MR) is 97.2 cm³/mol. The van der Waals surface area contributed by atoms with Gasteiger partial charge in [0.15, 0.2) is 0 Å². The third-order valence-corrected chi connectivity index (χ3v) is 5.03. The number of carbonyl (C=O) groups is 1. The number of thiazole rings is 1. The predicted octanol–water partition coefficient (Wildman–Crippen LogP) is 4.43. The van der Waals surface area contributed by atoms with Crippen LogP contribution in [0.2, 0.25) is 0 Å². The molecule has 0 aliphatic heterocycles. The number of aromatic nitrogens is 1. The van der Waals surface area contributed by atoms with E-state index in [-0.39, 0.29) is 11.7 Å². The summed E-state index contributed by atoms with van der Waals surface area (Å²) in [7, 11) is 0. The average Bonchev–Trinajstić information content (AvgIpc) is 3.32. The molecule has 5 heteroatoms. The second kappa shape index (κ2) is 6.76. The van der Waals surface area contributed by atoms with Crippen LogP contribution in [0.25, 0.3) is 11.3 Å². The van der Waals surface area contributed by atoms with Crippen molar-refractivity contribution in [3.8, 4) is 11.3 Å². The smallest absolute Gasteiger partial charge is 0.251 e. The van der Waals surface area contributed by atoms with E-state index in [1.54, 1.807) is 12.1 Å². The minimum atomic E-state index is -0.210. The third-order valence-electron chi connectivity index (χ3n) is 4.18. The molecule has 2 aromatic carbocycles. The van der Waals surface area contributed by atoms with Gasteiger partial charge in [-0.1, -0.05) is 30.3 Å². The van der Waals surface area contributed by atoms with E-state index in [9.17, 15) is 9.18 Å². The second-order valence-corrected chi connectivity index (χ2v) is 7.17. The summed E-state index contributed by atoms with van der Waals surface area (Å²) in [6.07, 6.45) is 2.60. The second-order valence-electron chi connectivity index (χ2n) is 6.22. The standard InChI is InChI=1S/C20H17FN2OS/c21-17-7-2-1-4-13(17)11-19-23-18(12-25-19)14-5-3-6-15(10-14)20(24)22-16-8-9-16/h1-7,10,12,16H,8-9,11H2,(H,22,24). The Morgan fingerprint density at radius 2 is 2.04 bits per heavy atom. The molecule has 1 aromatic heterocycles. The number of amides is 1. The van der Waals surface area contributed by atoms with Crippen LogP contribution >= 0.6 is 11.3 Å². The van der Waals surface area contributed by atoms with Gasteiger partial charge in [-0.15, -0.1) is 11.3 Å². The van der Waals surface area contributed by atoms with Crippen LogP contribution in [0.5, 0.6) is 0 Å². The molecule has 1 heterocycles. The van der Waals surface area contributed by atoms with E-state index in [2.05, 4.69) is 10.3 Å². The van der Waals surface area contributed by atoms with Gasteiger partial charge in [0.1, 0.15) is 5.82 Å². The molecular formula is C20H17FN2OS. The zero-order chi connectivity index (χ0) is 17.2. The van der Waals surface area contributed by atoms with Gasteiger partial charge in [-0.2, -0.15) is 0 Å². The molecule has 0 atom stereocenters. The van der Waals surface area contributed by atoms with Gasteiger partial charge in [0, 0.05) is 29.0 Å². The summed E-state index contributed by atoms with van der Waals surface area (Å²) in [5.41, 5.74) is 3.01. The van der Waals surface area contributed by atoms with Crippen LogP contribution in [-0.4, -0.2) is 16.9 Å². The molecule has 0 unspecified atom stereocenters. The molecule has 0 bridgehead atoms. The summed E-state index contributed by atoms with van der Waals surface area (Å²) in [6, 6.07) is 14.6. The number of halogens is 1. The molecule has 0 radical (unpaired) electrons.